The Morgan fingerprint density at radius 3 is 2.63 bits per heavy atom. The Hall–Kier alpha value is -4.71. The van der Waals surface area contributed by atoms with Crippen LogP contribution in [0.5, 0.6) is 11.6 Å². The largest absolute Gasteiger partial charge is 0.444 e. The maximum atomic E-state index is 13.6. The molecule has 0 aliphatic carbocycles. The summed E-state index contributed by atoms with van der Waals surface area (Å²) < 4.78 is 11.4. The van der Waals surface area contributed by atoms with Gasteiger partial charge in [-0.15, -0.1) is 11.3 Å². The average Bonchev–Trinajstić information content (AvgIpc) is 3.33. The summed E-state index contributed by atoms with van der Waals surface area (Å²) in [4.78, 5) is 52.9. The van der Waals surface area contributed by atoms with Gasteiger partial charge in [-0.05, 0) is 64.8 Å². The molecular weight excluding hydrogens is 568 g/mol. The van der Waals surface area contributed by atoms with E-state index in [1.165, 1.54) is 11.3 Å². The lowest BCUT2D eigenvalue weighted by Gasteiger charge is -2.34. The van der Waals surface area contributed by atoms with Crippen LogP contribution in [0.2, 0.25) is 0 Å². The number of anilines is 3. The quantitative estimate of drug-likeness (QED) is 0.264. The molecule has 1 aromatic carbocycles. The number of aryl methyl sites for hydroxylation is 1. The number of nitrogens with one attached hydrogen (secondary N) is 2. The van der Waals surface area contributed by atoms with Crippen LogP contribution in [0.25, 0.3) is 10.2 Å². The van der Waals surface area contributed by atoms with Gasteiger partial charge in [0.2, 0.25) is 5.88 Å². The highest BCUT2D eigenvalue weighted by Gasteiger charge is 2.35. The number of urea groups is 1. The number of likely N-dealkylation sites (tertiary alicyclic amines) is 1. The number of pyridine rings is 2. The van der Waals surface area contributed by atoms with Crippen molar-refractivity contribution in [3.63, 3.8) is 0 Å². The van der Waals surface area contributed by atoms with E-state index in [1.807, 2.05) is 58.0 Å². The molecule has 6 rings (SSSR count). The number of rotatable bonds is 5. The average molecular weight is 601 g/mol. The number of carbonyl (C=O) groups excluding carboxylic acids is 3. The Morgan fingerprint density at radius 1 is 1.09 bits per heavy atom. The third-order valence-electron chi connectivity index (χ3n) is 7.10. The number of nitrogens with zero attached hydrogens (tertiary/aromatic N) is 4. The number of amides is 4. The van der Waals surface area contributed by atoms with Gasteiger partial charge in [0.1, 0.15) is 21.1 Å². The highest BCUT2D eigenvalue weighted by atomic mass is 32.1. The molecule has 1 atom stereocenters. The highest BCUT2D eigenvalue weighted by molar-refractivity contribution is 7.21. The number of thiophene rings is 1. The topological polar surface area (TPSA) is 126 Å². The predicted octanol–water partition coefficient (Wildman–Crippen LogP) is 6.60. The van der Waals surface area contributed by atoms with E-state index in [0.717, 1.165) is 12.8 Å². The van der Waals surface area contributed by atoms with E-state index < -0.39 is 17.7 Å². The second kappa shape index (κ2) is 11.2. The normalized spacial score (nSPS) is 16.6. The van der Waals surface area contributed by atoms with Crippen molar-refractivity contribution in [1.82, 2.24) is 20.2 Å². The minimum absolute atomic E-state index is 0.250. The summed E-state index contributed by atoms with van der Waals surface area (Å²) in [6.07, 6.45) is 2.70. The number of benzene rings is 1. The number of aromatic nitrogens is 2. The molecule has 2 N–H and O–H groups in total. The monoisotopic (exact) mass is 600 g/mol. The maximum absolute atomic E-state index is 13.6. The summed E-state index contributed by atoms with van der Waals surface area (Å²) >= 11 is 1.22. The molecule has 3 aromatic heterocycles. The zero-order valence-corrected chi connectivity index (χ0v) is 25.2. The summed E-state index contributed by atoms with van der Waals surface area (Å²) in [7, 11) is 0. The van der Waals surface area contributed by atoms with Crippen molar-refractivity contribution in [3.05, 3.63) is 65.3 Å². The molecule has 0 bridgehead atoms. The second-order valence-electron chi connectivity index (χ2n) is 11.5. The third-order valence-corrected chi connectivity index (χ3v) is 8.20. The number of ether oxygens (including phenoxy) is 2. The Balaban J connectivity index is 1.25. The first-order valence-corrected chi connectivity index (χ1v) is 14.9. The second-order valence-corrected chi connectivity index (χ2v) is 12.5. The van der Waals surface area contributed by atoms with Gasteiger partial charge in [-0.2, -0.15) is 0 Å². The number of carbonyl (C=O) groups is 3. The van der Waals surface area contributed by atoms with Crippen LogP contribution in [-0.2, 0) is 4.74 Å². The minimum atomic E-state index is -0.601. The fourth-order valence-corrected chi connectivity index (χ4v) is 6.28. The van der Waals surface area contributed by atoms with E-state index in [-0.39, 0.29) is 11.9 Å². The van der Waals surface area contributed by atoms with Gasteiger partial charge < -0.3 is 25.0 Å². The van der Waals surface area contributed by atoms with Crippen LogP contribution < -0.4 is 20.3 Å². The lowest BCUT2D eigenvalue weighted by atomic mass is 10.1. The van der Waals surface area contributed by atoms with Crippen LogP contribution in [0.4, 0.5) is 26.7 Å². The van der Waals surface area contributed by atoms with Gasteiger partial charge in [0.25, 0.3) is 5.91 Å². The molecule has 1 saturated heterocycles. The van der Waals surface area contributed by atoms with E-state index in [4.69, 9.17) is 9.47 Å². The van der Waals surface area contributed by atoms with Crippen LogP contribution in [0.1, 0.15) is 49.0 Å². The summed E-state index contributed by atoms with van der Waals surface area (Å²) in [5.74, 6) is 0.745. The first-order chi connectivity index (χ1) is 20.6. The smallest absolute Gasteiger partial charge is 0.410 e. The van der Waals surface area contributed by atoms with Crippen molar-refractivity contribution in [3.8, 4) is 11.6 Å². The Kier molecular flexibility index (Phi) is 7.38. The predicted molar refractivity (Wildman–Crippen MR) is 165 cm³/mol. The van der Waals surface area contributed by atoms with Crippen LogP contribution >= 0.6 is 11.3 Å². The van der Waals surface area contributed by atoms with Crippen molar-refractivity contribution in [1.29, 1.82) is 0 Å². The first kappa shape index (κ1) is 28.4. The van der Waals surface area contributed by atoms with E-state index in [0.29, 0.717) is 62.6 Å². The summed E-state index contributed by atoms with van der Waals surface area (Å²) in [5.41, 5.74) is 1.61. The van der Waals surface area contributed by atoms with Crippen LogP contribution in [0.15, 0.2) is 54.7 Å². The first-order valence-electron chi connectivity index (χ1n) is 14.1. The van der Waals surface area contributed by atoms with E-state index >= 15 is 0 Å². The molecule has 4 aromatic rings. The minimum Gasteiger partial charge on any atom is -0.444 e. The summed E-state index contributed by atoms with van der Waals surface area (Å²) in [6, 6.07) is 13.9. The molecule has 1 fully saturated rings. The highest BCUT2D eigenvalue weighted by Crippen LogP contribution is 2.46. The molecule has 43 heavy (non-hydrogen) atoms. The van der Waals surface area contributed by atoms with E-state index in [2.05, 4.69) is 20.6 Å². The number of para-hydroxylation sites is 1. The van der Waals surface area contributed by atoms with Crippen LogP contribution in [0.3, 0.4) is 0 Å². The molecule has 2 aliphatic heterocycles. The molecule has 0 unspecified atom stereocenters. The zero-order chi connectivity index (χ0) is 30.3. The Bertz CT molecular complexity index is 1720. The summed E-state index contributed by atoms with van der Waals surface area (Å²) in [6.45, 7) is 8.21. The molecule has 0 saturated carbocycles. The van der Waals surface area contributed by atoms with Crippen molar-refractivity contribution in [2.24, 2.45) is 0 Å². The van der Waals surface area contributed by atoms with Gasteiger partial charge in [0.15, 0.2) is 0 Å². The molecule has 12 heteroatoms. The fraction of sp³-hybridized carbons (Fsp3) is 0.323. The van der Waals surface area contributed by atoms with Crippen molar-refractivity contribution in [2.75, 3.05) is 23.3 Å². The van der Waals surface area contributed by atoms with Crippen LogP contribution in [-0.4, -0.2) is 57.6 Å². The molecule has 2 aliphatic rings. The van der Waals surface area contributed by atoms with Crippen molar-refractivity contribution >= 4 is 56.6 Å². The van der Waals surface area contributed by atoms with Crippen LogP contribution in [0, 0.1) is 6.92 Å². The summed E-state index contributed by atoms with van der Waals surface area (Å²) in [5, 5.41) is 6.67. The molecule has 222 valence electrons. The SMILES string of the molecule is Cc1nc(Oc2ccccc2)ccc1N1C(=O)Nc2c(C(=O)N[C@@H]3CCCN(C(=O)OC(C)(C)C)C3)sc3nccc1c23. The van der Waals surface area contributed by atoms with E-state index in [9.17, 15) is 14.4 Å². The van der Waals surface area contributed by atoms with E-state index in [1.54, 1.807) is 34.2 Å². The molecular formula is C31H32N6O5S. The van der Waals surface area contributed by atoms with Gasteiger partial charge in [-0.25, -0.2) is 19.6 Å². The number of hydrogen-bond donors (Lipinski definition) is 2. The van der Waals surface area contributed by atoms with Gasteiger partial charge in [0, 0.05) is 31.4 Å². The number of piperidine rings is 1. The molecule has 5 heterocycles. The Morgan fingerprint density at radius 2 is 1.88 bits per heavy atom. The molecule has 11 nitrogen and oxygen atoms in total. The van der Waals surface area contributed by atoms with Gasteiger partial charge in [0.05, 0.1) is 28.1 Å². The molecule has 0 radical (unpaired) electrons. The van der Waals surface area contributed by atoms with Gasteiger partial charge in [-0.1, -0.05) is 18.2 Å². The molecule has 0 spiro atoms. The van der Waals surface area contributed by atoms with Gasteiger partial charge in [-0.3, -0.25) is 9.69 Å². The van der Waals surface area contributed by atoms with Crippen molar-refractivity contribution in [2.45, 2.75) is 52.2 Å². The number of hydrogen-bond acceptors (Lipinski definition) is 8. The third kappa shape index (κ3) is 5.82. The Labute approximate surface area is 252 Å². The fourth-order valence-electron chi connectivity index (χ4n) is 5.25. The van der Waals surface area contributed by atoms with Gasteiger partial charge >= 0.3 is 12.1 Å². The standard InChI is InChI=1S/C31H32N6O5S/c1-18-21(12-13-23(33-18)41-20-10-6-5-7-11-20)37-22-14-15-32-28-24(22)25(35-29(37)39)26(43-28)27(38)34-19-9-8-16-36(17-19)30(40)42-31(2,3)4/h5-7,10-15,19H,8-9,16-17H2,1-4H3,(H,34,38)(H,35,39)/t19-/m1/s1. The lowest BCUT2D eigenvalue weighted by Crippen LogP contribution is -2.50. The lowest BCUT2D eigenvalue weighted by molar-refractivity contribution is 0.0185. The maximum Gasteiger partial charge on any atom is 0.410 e. The van der Waals surface area contributed by atoms with Crippen molar-refractivity contribution < 1.29 is 23.9 Å². The molecule has 4 amide bonds. The zero-order valence-electron chi connectivity index (χ0n) is 24.3.